The van der Waals surface area contributed by atoms with Crippen LogP contribution in [0.1, 0.15) is 5.69 Å². The van der Waals surface area contributed by atoms with Crippen LogP contribution in [0.15, 0.2) is 24.3 Å². The number of aromatic nitrogens is 2. The number of nitrogens with zero attached hydrogens (tertiary/aromatic N) is 2. The van der Waals surface area contributed by atoms with E-state index in [2.05, 4.69) is 10.2 Å². The first-order valence-electron chi connectivity index (χ1n) is 5.48. The summed E-state index contributed by atoms with van der Waals surface area (Å²) >= 11 is 0. The summed E-state index contributed by atoms with van der Waals surface area (Å²) in [6, 6.07) is 7.47. The van der Waals surface area contributed by atoms with Gasteiger partial charge in [-0.3, -0.25) is 0 Å². The van der Waals surface area contributed by atoms with Gasteiger partial charge in [-0.25, -0.2) is 0 Å². The third-order valence-electron chi connectivity index (χ3n) is 2.69. The summed E-state index contributed by atoms with van der Waals surface area (Å²) in [5, 5.41) is 7.82. The summed E-state index contributed by atoms with van der Waals surface area (Å²) in [7, 11) is 3.21. The predicted molar refractivity (Wildman–Crippen MR) is 69.7 cm³/mol. The van der Waals surface area contributed by atoms with Crippen LogP contribution in [0.25, 0.3) is 11.1 Å². The van der Waals surface area contributed by atoms with Gasteiger partial charge in [0.15, 0.2) is 11.5 Å². The Morgan fingerprint density at radius 3 is 2.39 bits per heavy atom. The van der Waals surface area contributed by atoms with Crippen molar-refractivity contribution in [3.63, 3.8) is 0 Å². The highest BCUT2D eigenvalue weighted by atomic mass is 16.5. The first-order chi connectivity index (χ1) is 8.65. The molecule has 1 aromatic heterocycles. The number of rotatable bonds is 3. The maximum absolute atomic E-state index is 5.66. The van der Waals surface area contributed by atoms with E-state index in [1.165, 1.54) is 0 Å². The lowest BCUT2D eigenvalue weighted by Gasteiger charge is -2.10. The first-order valence-corrected chi connectivity index (χ1v) is 5.48. The summed E-state index contributed by atoms with van der Waals surface area (Å²) in [6.07, 6.45) is 0. The first kappa shape index (κ1) is 12.2. The van der Waals surface area contributed by atoms with Crippen LogP contribution in [0, 0.1) is 6.92 Å². The Labute approximate surface area is 106 Å². The van der Waals surface area contributed by atoms with E-state index in [9.17, 15) is 0 Å². The zero-order valence-electron chi connectivity index (χ0n) is 10.6. The summed E-state index contributed by atoms with van der Waals surface area (Å²) in [5.74, 6) is 1.75. The van der Waals surface area contributed by atoms with Crippen LogP contribution in [0.5, 0.6) is 11.5 Å². The minimum atomic E-state index is 0.394. The Bertz CT molecular complexity index is 570. The Kier molecular flexibility index (Phi) is 3.32. The number of ether oxygens (including phenoxy) is 2. The monoisotopic (exact) mass is 245 g/mol. The van der Waals surface area contributed by atoms with Gasteiger partial charge in [-0.2, -0.15) is 5.10 Å². The molecule has 1 aromatic carbocycles. The lowest BCUT2D eigenvalue weighted by molar-refractivity contribution is 0.355. The number of benzene rings is 1. The maximum atomic E-state index is 5.66. The van der Waals surface area contributed by atoms with Crippen molar-refractivity contribution in [3.05, 3.63) is 30.0 Å². The van der Waals surface area contributed by atoms with Gasteiger partial charge in [-0.1, -0.05) is 6.07 Å². The van der Waals surface area contributed by atoms with Gasteiger partial charge >= 0.3 is 0 Å². The molecule has 0 saturated carbocycles. The molecule has 0 atom stereocenters. The molecule has 0 fully saturated rings. The minimum absolute atomic E-state index is 0.394. The van der Waals surface area contributed by atoms with E-state index in [0.29, 0.717) is 17.3 Å². The summed E-state index contributed by atoms with van der Waals surface area (Å²) < 4.78 is 10.5. The minimum Gasteiger partial charge on any atom is -0.493 e. The normalized spacial score (nSPS) is 10.2. The quantitative estimate of drug-likeness (QED) is 0.896. The smallest absolute Gasteiger partial charge is 0.161 e. The second-order valence-corrected chi connectivity index (χ2v) is 3.84. The molecule has 2 N–H and O–H groups in total. The summed E-state index contributed by atoms with van der Waals surface area (Å²) in [6.45, 7) is 1.89. The van der Waals surface area contributed by atoms with E-state index in [0.717, 1.165) is 16.8 Å². The Morgan fingerprint density at radius 1 is 1.00 bits per heavy atom. The second kappa shape index (κ2) is 4.91. The molecule has 0 spiro atoms. The number of nitrogen functional groups attached to an aromatic ring is 1. The van der Waals surface area contributed by atoms with Gasteiger partial charge in [0.25, 0.3) is 0 Å². The molecule has 1 heterocycles. The molecule has 2 aromatic rings. The molecule has 0 saturated heterocycles. The molecule has 0 unspecified atom stereocenters. The molecule has 0 aliphatic heterocycles. The van der Waals surface area contributed by atoms with E-state index < -0.39 is 0 Å². The van der Waals surface area contributed by atoms with E-state index in [1.807, 2.05) is 25.1 Å². The summed E-state index contributed by atoms with van der Waals surface area (Å²) in [5.41, 5.74) is 8.38. The standard InChI is InChI=1S/C13H15N3O2/c1-8-10(7-13(14)16-15-8)9-4-5-11(17-2)12(6-9)18-3/h4-7H,1-3H3,(H2,14,16). The Balaban J connectivity index is 2.54. The largest absolute Gasteiger partial charge is 0.493 e. The molecule has 0 amide bonds. The number of anilines is 1. The van der Waals surface area contributed by atoms with E-state index in [4.69, 9.17) is 15.2 Å². The molecule has 94 valence electrons. The molecular formula is C13H15N3O2. The number of methoxy groups -OCH3 is 2. The molecule has 2 rings (SSSR count). The van der Waals surface area contributed by atoms with Gasteiger partial charge in [-0.15, -0.1) is 5.10 Å². The van der Waals surface area contributed by atoms with Crippen LogP contribution in [0.2, 0.25) is 0 Å². The maximum Gasteiger partial charge on any atom is 0.161 e. The van der Waals surface area contributed by atoms with Crippen LogP contribution in [0.3, 0.4) is 0 Å². The van der Waals surface area contributed by atoms with Crippen molar-refractivity contribution in [3.8, 4) is 22.6 Å². The van der Waals surface area contributed by atoms with Crippen LogP contribution in [-0.2, 0) is 0 Å². The van der Waals surface area contributed by atoms with Crippen molar-refractivity contribution in [2.75, 3.05) is 20.0 Å². The fourth-order valence-electron chi connectivity index (χ4n) is 1.76. The van der Waals surface area contributed by atoms with Crippen LogP contribution >= 0.6 is 0 Å². The summed E-state index contributed by atoms with van der Waals surface area (Å²) in [4.78, 5) is 0. The van der Waals surface area contributed by atoms with Gasteiger partial charge in [0, 0.05) is 5.56 Å². The van der Waals surface area contributed by atoms with Crippen molar-refractivity contribution < 1.29 is 9.47 Å². The van der Waals surface area contributed by atoms with Crippen molar-refractivity contribution in [2.45, 2.75) is 6.92 Å². The van der Waals surface area contributed by atoms with E-state index in [-0.39, 0.29) is 0 Å². The SMILES string of the molecule is COc1ccc(-c2cc(N)nnc2C)cc1OC. The van der Waals surface area contributed by atoms with Gasteiger partial charge in [0.1, 0.15) is 5.82 Å². The van der Waals surface area contributed by atoms with Crippen molar-refractivity contribution in [1.29, 1.82) is 0 Å². The molecule has 5 nitrogen and oxygen atoms in total. The third-order valence-corrected chi connectivity index (χ3v) is 2.69. The lowest BCUT2D eigenvalue weighted by atomic mass is 10.0. The number of aryl methyl sites for hydroxylation is 1. The van der Waals surface area contributed by atoms with Gasteiger partial charge in [0.05, 0.1) is 19.9 Å². The average Bonchev–Trinajstić information content (AvgIpc) is 2.40. The highest BCUT2D eigenvalue weighted by Gasteiger charge is 2.09. The van der Waals surface area contributed by atoms with Gasteiger partial charge < -0.3 is 15.2 Å². The predicted octanol–water partition coefficient (Wildman–Crippen LogP) is 2.05. The van der Waals surface area contributed by atoms with Crippen LogP contribution in [0.4, 0.5) is 5.82 Å². The molecule has 0 aliphatic carbocycles. The molecule has 0 bridgehead atoms. The van der Waals surface area contributed by atoms with E-state index >= 15 is 0 Å². The zero-order valence-corrected chi connectivity index (χ0v) is 10.6. The number of nitrogens with two attached hydrogens (primary N) is 1. The van der Waals surface area contributed by atoms with Crippen LogP contribution in [-0.4, -0.2) is 24.4 Å². The van der Waals surface area contributed by atoms with Crippen LogP contribution < -0.4 is 15.2 Å². The molecule has 0 aliphatic rings. The van der Waals surface area contributed by atoms with Crippen molar-refractivity contribution in [2.24, 2.45) is 0 Å². The molecule has 18 heavy (non-hydrogen) atoms. The van der Waals surface area contributed by atoms with Crippen molar-refractivity contribution in [1.82, 2.24) is 10.2 Å². The highest BCUT2D eigenvalue weighted by molar-refractivity contribution is 5.70. The van der Waals surface area contributed by atoms with E-state index in [1.54, 1.807) is 20.3 Å². The van der Waals surface area contributed by atoms with Crippen molar-refractivity contribution >= 4 is 5.82 Å². The Hall–Kier alpha value is -2.30. The molecule has 5 heteroatoms. The highest BCUT2D eigenvalue weighted by Crippen LogP contribution is 2.33. The fourth-order valence-corrected chi connectivity index (χ4v) is 1.76. The average molecular weight is 245 g/mol. The third kappa shape index (κ3) is 2.20. The zero-order chi connectivity index (χ0) is 13.1. The fraction of sp³-hybridized carbons (Fsp3) is 0.231. The second-order valence-electron chi connectivity index (χ2n) is 3.84. The number of hydrogen-bond acceptors (Lipinski definition) is 5. The molecular weight excluding hydrogens is 230 g/mol. The van der Waals surface area contributed by atoms with Gasteiger partial charge in [-0.05, 0) is 30.7 Å². The number of hydrogen-bond donors (Lipinski definition) is 1. The topological polar surface area (TPSA) is 70.3 Å². The van der Waals surface area contributed by atoms with Gasteiger partial charge in [0.2, 0.25) is 0 Å². The Morgan fingerprint density at radius 2 is 1.72 bits per heavy atom. The lowest BCUT2D eigenvalue weighted by Crippen LogP contribution is -1.98. The molecule has 0 radical (unpaired) electrons.